The Bertz CT molecular complexity index is 840. The van der Waals surface area contributed by atoms with Crippen molar-refractivity contribution < 1.29 is 23.9 Å². The molecule has 1 aromatic carbocycles. The maximum absolute atomic E-state index is 12.7. The van der Waals surface area contributed by atoms with Crippen molar-refractivity contribution in [2.75, 3.05) is 0 Å². The number of aromatic nitrogens is 1. The molecule has 0 spiro atoms. The number of benzene rings is 1. The highest BCUT2D eigenvalue weighted by Gasteiger charge is 2.34. The Kier molecular flexibility index (Phi) is 5.74. The summed E-state index contributed by atoms with van der Waals surface area (Å²) < 4.78 is 12.4. The van der Waals surface area contributed by atoms with E-state index in [2.05, 4.69) is 0 Å². The highest BCUT2D eigenvalue weighted by atomic mass is 16.7. The van der Waals surface area contributed by atoms with Crippen LogP contribution in [-0.4, -0.2) is 28.6 Å². The number of ether oxygens (including phenoxy) is 2. The van der Waals surface area contributed by atoms with Gasteiger partial charge in [-0.15, -0.1) is 0 Å². The summed E-state index contributed by atoms with van der Waals surface area (Å²) in [5.74, 6) is -1.36. The fraction of sp³-hybridized carbons (Fsp3) is 0.381. The Labute approximate surface area is 158 Å². The molecular weight excluding hydrogens is 346 g/mol. The van der Waals surface area contributed by atoms with E-state index in [1.165, 1.54) is 0 Å². The van der Waals surface area contributed by atoms with Crippen LogP contribution in [0.3, 0.4) is 0 Å². The number of carbonyl (C=O) groups is 3. The standard InChI is InChI=1S/C21H23NO5/c1-3-18(23)26-19(4-2)27-21(25)15-12-13-22-16(15)10-11-17(22)20(24)14-8-6-5-7-9-14/h5-11,15,19H,3-4,12-13H2,1-2H3/t15-,19?/m0/s1. The fourth-order valence-corrected chi connectivity index (χ4v) is 3.25. The summed E-state index contributed by atoms with van der Waals surface area (Å²) in [5.41, 5.74) is 1.94. The van der Waals surface area contributed by atoms with Gasteiger partial charge in [0.15, 0.2) is 0 Å². The minimum Gasteiger partial charge on any atom is -0.425 e. The van der Waals surface area contributed by atoms with Crippen molar-refractivity contribution in [2.24, 2.45) is 0 Å². The minimum absolute atomic E-state index is 0.0702. The molecule has 0 fully saturated rings. The largest absolute Gasteiger partial charge is 0.425 e. The molecule has 1 aromatic heterocycles. The van der Waals surface area contributed by atoms with Crippen LogP contribution in [0.1, 0.15) is 60.8 Å². The number of fused-ring (bicyclic) bond motifs is 1. The molecule has 0 saturated carbocycles. The topological polar surface area (TPSA) is 74.6 Å². The molecule has 0 amide bonds. The Morgan fingerprint density at radius 3 is 2.48 bits per heavy atom. The van der Waals surface area contributed by atoms with Crippen LogP contribution in [-0.2, 0) is 25.6 Å². The highest BCUT2D eigenvalue weighted by molar-refractivity contribution is 6.08. The average Bonchev–Trinajstić information content (AvgIpc) is 3.29. The van der Waals surface area contributed by atoms with Crippen molar-refractivity contribution in [1.82, 2.24) is 4.57 Å². The predicted molar refractivity (Wildman–Crippen MR) is 98.2 cm³/mol. The van der Waals surface area contributed by atoms with Gasteiger partial charge in [0.1, 0.15) is 0 Å². The van der Waals surface area contributed by atoms with E-state index in [9.17, 15) is 14.4 Å². The second-order valence-electron chi connectivity index (χ2n) is 6.45. The van der Waals surface area contributed by atoms with Crippen LogP contribution >= 0.6 is 0 Å². The van der Waals surface area contributed by atoms with Gasteiger partial charge < -0.3 is 14.0 Å². The first-order valence-electron chi connectivity index (χ1n) is 9.24. The van der Waals surface area contributed by atoms with E-state index in [4.69, 9.17) is 9.47 Å². The summed E-state index contributed by atoms with van der Waals surface area (Å²) in [5, 5.41) is 0. The van der Waals surface area contributed by atoms with Crippen molar-refractivity contribution in [3.63, 3.8) is 0 Å². The lowest BCUT2D eigenvalue weighted by Crippen LogP contribution is -2.26. The van der Waals surface area contributed by atoms with Crippen LogP contribution < -0.4 is 0 Å². The third kappa shape index (κ3) is 3.94. The molecule has 3 rings (SSSR count). The molecule has 1 unspecified atom stereocenters. The van der Waals surface area contributed by atoms with E-state index in [1.807, 2.05) is 22.8 Å². The van der Waals surface area contributed by atoms with Crippen molar-refractivity contribution in [1.29, 1.82) is 0 Å². The molecule has 2 atom stereocenters. The molecule has 0 aliphatic carbocycles. The summed E-state index contributed by atoms with van der Waals surface area (Å²) in [6.45, 7) is 4.04. The fourth-order valence-electron chi connectivity index (χ4n) is 3.25. The second kappa shape index (κ2) is 8.20. The summed E-state index contributed by atoms with van der Waals surface area (Å²) >= 11 is 0. The predicted octanol–water partition coefficient (Wildman–Crippen LogP) is 3.44. The Morgan fingerprint density at radius 1 is 1.07 bits per heavy atom. The summed E-state index contributed by atoms with van der Waals surface area (Å²) in [4.78, 5) is 36.8. The lowest BCUT2D eigenvalue weighted by atomic mass is 10.1. The number of carbonyl (C=O) groups excluding carboxylic acids is 3. The SMILES string of the molecule is CCC(=O)OC(CC)OC(=O)[C@H]1CCn2c(C(=O)c3ccccc3)ccc21. The number of esters is 2. The first kappa shape index (κ1) is 18.9. The van der Waals surface area contributed by atoms with E-state index in [0.717, 1.165) is 5.69 Å². The number of ketones is 1. The van der Waals surface area contributed by atoms with E-state index >= 15 is 0 Å². The van der Waals surface area contributed by atoms with Crippen LogP contribution in [0.25, 0.3) is 0 Å². The third-order valence-electron chi connectivity index (χ3n) is 4.70. The Morgan fingerprint density at radius 2 is 1.81 bits per heavy atom. The molecule has 1 aliphatic heterocycles. The molecule has 0 radical (unpaired) electrons. The third-order valence-corrected chi connectivity index (χ3v) is 4.70. The van der Waals surface area contributed by atoms with E-state index < -0.39 is 24.1 Å². The van der Waals surface area contributed by atoms with Gasteiger partial charge in [0.25, 0.3) is 0 Å². The zero-order valence-electron chi connectivity index (χ0n) is 15.5. The van der Waals surface area contributed by atoms with E-state index in [-0.39, 0.29) is 12.2 Å². The minimum atomic E-state index is -0.876. The molecule has 0 saturated heterocycles. The molecule has 142 valence electrons. The van der Waals surface area contributed by atoms with Gasteiger partial charge in [-0.2, -0.15) is 0 Å². The van der Waals surface area contributed by atoms with Gasteiger partial charge in [-0.3, -0.25) is 14.4 Å². The van der Waals surface area contributed by atoms with Crippen LogP contribution in [0.2, 0.25) is 0 Å². The molecule has 2 aromatic rings. The molecule has 27 heavy (non-hydrogen) atoms. The number of hydrogen-bond donors (Lipinski definition) is 0. The molecule has 6 nitrogen and oxygen atoms in total. The van der Waals surface area contributed by atoms with Gasteiger partial charge >= 0.3 is 11.9 Å². The smallest absolute Gasteiger partial charge is 0.318 e. The van der Waals surface area contributed by atoms with Crippen molar-refractivity contribution in [2.45, 2.75) is 51.9 Å². The highest BCUT2D eigenvalue weighted by Crippen LogP contribution is 2.32. The molecule has 1 aliphatic rings. The maximum Gasteiger partial charge on any atom is 0.318 e. The number of rotatable bonds is 7. The Hall–Kier alpha value is -2.89. The average molecular weight is 369 g/mol. The first-order chi connectivity index (χ1) is 13.0. The van der Waals surface area contributed by atoms with Gasteiger partial charge in [-0.05, 0) is 18.6 Å². The summed E-state index contributed by atoms with van der Waals surface area (Å²) in [7, 11) is 0. The zero-order valence-corrected chi connectivity index (χ0v) is 15.5. The first-order valence-corrected chi connectivity index (χ1v) is 9.24. The normalized spacial score (nSPS) is 16.4. The quantitative estimate of drug-likeness (QED) is 0.425. The second-order valence-corrected chi connectivity index (χ2v) is 6.45. The van der Waals surface area contributed by atoms with Crippen LogP contribution in [0.5, 0.6) is 0 Å². The van der Waals surface area contributed by atoms with Crippen LogP contribution in [0.15, 0.2) is 42.5 Å². The van der Waals surface area contributed by atoms with Crippen LogP contribution in [0.4, 0.5) is 0 Å². The summed E-state index contributed by atoms with van der Waals surface area (Å²) in [6, 6.07) is 12.6. The molecule has 2 heterocycles. The molecule has 0 bridgehead atoms. The molecule has 6 heteroatoms. The summed E-state index contributed by atoms with van der Waals surface area (Å²) in [6.07, 6.45) is 0.301. The monoisotopic (exact) mass is 369 g/mol. The lowest BCUT2D eigenvalue weighted by molar-refractivity contribution is -0.189. The van der Waals surface area contributed by atoms with Gasteiger partial charge in [0, 0.05) is 30.6 Å². The van der Waals surface area contributed by atoms with Crippen molar-refractivity contribution >= 4 is 17.7 Å². The number of nitrogens with zero attached hydrogens (tertiary/aromatic N) is 1. The van der Waals surface area contributed by atoms with E-state index in [0.29, 0.717) is 30.6 Å². The maximum atomic E-state index is 12.7. The lowest BCUT2D eigenvalue weighted by Gasteiger charge is -2.18. The van der Waals surface area contributed by atoms with E-state index in [1.54, 1.807) is 38.1 Å². The van der Waals surface area contributed by atoms with Gasteiger partial charge in [0.2, 0.25) is 12.1 Å². The van der Waals surface area contributed by atoms with Crippen molar-refractivity contribution in [3.8, 4) is 0 Å². The van der Waals surface area contributed by atoms with Gasteiger partial charge in [-0.1, -0.05) is 44.2 Å². The number of hydrogen-bond acceptors (Lipinski definition) is 5. The van der Waals surface area contributed by atoms with Gasteiger partial charge in [0.05, 0.1) is 11.6 Å². The zero-order chi connectivity index (χ0) is 19.4. The van der Waals surface area contributed by atoms with Gasteiger partial charge in [-0.25, -0.2) is 0 Å². The Balaban J connectivity index is 1.74. The molecular formula is C21H23NO5. The van der Waals surface area contributed by atoms with Crippen molar-refractivity contribution in [3.05, 3.63) is 59.4 Å². The van der Waals surface area contributed by atoms with Crippen LogP contribution in [0, 0.1) is 0 Å². The molecule has 0 N–H and O–H groups in total.